The Kier molecular flexibility index (Phi) is 7.45. The zero-order valence-corrected chi connectivity index (χ0v) is 20.1. The van der Waals surface area contributed by atoms with Crippen molar-refractivity contribution in [3.05, 3.63) is 81.2 Å². The Morgan fingerprint density at radius 3 is 2.70 bits per heavy atom. The van der Waals surface area contributed by atoms with Crippen LogP contribution in [0.1, 0.15) is 19.7 Å². The normalized spacial score (nSPS) is 12.5. The highest BCUT2D eigenvalue weighted by atomic mass is 35.5. The van der Waals surface area contributed by atoms with Crippen LogP contribution in [0.2, 0.25) is 5.02 Å². The van der Waals surface area contributed by atoms with Crippen LogP contribution in [0.5, 0.6) is 5.75 Å². The molecule has 0 bridgehead atoms. The maximum Gasteiger partial charge on any atom is 0.260 e. The van der Waals surface area contributed by atoms with Gasteiger partial charge in [0, 0.05) is 28.6 Å². The maximum absolute atomic E-state index is 13.0. The second kappa shape index (κ2) is 10.5. The van der Waals surface area contributed by atoms with E-state index in [-0.39, 0.29) is 18.2 Å². The number of hydrogen-bond acceptors (Lipinski definition) is 6. The molecule has 0 fully saturated rings. The van der Waals surface area contributed by atoms with Gasteiger partial charge >= 0.3 is 0 Å². The van der Waals surface area contributed by atoms with Crippen molar-refractivity contribution in [3.63, 3.8) is 0 Å². The molecule has 2 aromatic heterocycles. The molecule has 1 unspecified atom stereocenters. The molecule has 0 aliphatic carbocycles. The van der Waals surface area contributed by atoms with Crippen LogP contribution in [-0.2, 0) is 6.54 Å². The minimum Gasteiger partial charge on any atom is -0.491 e. The van der Waals surface area contributed by atoms with Crippen LogP contribution in [0.3, 0.4) is 0 Å². The number of rotatable bonds is 9. The van der Waals surface area contributed by atoms with E-state index in [4.69, 9.17) is 21.3 Å². The molecule has 172 valence electrons. The third-order valence-electron chi connectivity index (χ3n) is 5.34. The number of thiophene rings is 1. The van der Waals surface area contributed by atoms with Crippen molar-refractivity contribution in [1.82, 2.24) is 14.9 Å². The third-order valence-corrected chi connectivity index (χ3v) is 6.45. The zero-order valence-electron chi connectivity index (χ0n) is 18.5. The largest absolute Gasteiger partial charge is 0.491 e. The number of halogens is 1. The Hall–Kier alpha value is -2.71. The lowest BCUT2D eigenvalue weighted by Crippen LogP contribution is -2.40. The van der Waals surface area contributed by atoms with Crippen LogP contribution in [-0.4, -0.2) is 45.3 Å². The molecule has 2 aromatic carbocycles. The van der Waals surface area contributed by atoms with Gasteiger partial charge in [-0.25, -0.2) is 4.98 Å². The van der Waals surface area contributed by atoms with Gasteiger partial charge in [0.15, 0.2) is 0 Å². The summed E-state index contributed by atoms with van der Waals surface area (Å²) in [5.41, 5.74) is 1.54. The van der Waals surface area contributed by atoms with Gasteiger partial charge < -0.3 is 14.8 Å². The first-order valence-electron chi connectivity index (χ1n) is 10.8. The molecule has 33 heavy (non-hydrogen) atoms. The molecule has 0 amide bonds. The predicted octanol–water partition coefficient (Wildman–Crippen LogP) is 4.96. The minimum absolute atomic E-state index is 0.141. The fourth-order valence-corrected chi connectivity index (χ4v) is 4.78. The van der Waals surface area contributed by atoms with Gasteiger partial charge in [0.1, 0.15) is 29.1 Å². The summed E-state index contributed by atoms with van der Waals surface area (Å²) in [6.07, 6.45) is -0.681. The van der Waals surface area contributed by atoms with Crippen molar-refractivity contribution in [3.8, 4) is 16.9 Å². The van der Waals surface area contributed by atoms with E-state index in [1.165, 1.54) is 11.3 Å². The highest BCUT2D eigenvalue weighted by molar-refractivity contribution is 7.17. The van der Waals surface area contributed by atoms with Gasteiger partial charge in [-0.1, -0.05) is 41.9 Å². The van der Waals surface area contributed by atoms with E-state index < -0.39 is 6.10 Å². The third kappa shape index (κ3) is 5.81. The number of nitrogens with one attached hydrogen (secondary N) is 1. The molecule has 8 heteroatoms. The van der Waals surface area contributed by atoms with E-state index in [2.05, 4.69) is 9.88 Å². The lowest BCUT2D eigenvalue weighted by atomic mass is 10.1. The fourth-order valence-electron chi connectivity index (χ4n) is 3.62. The number of aromatic nitrogens is 2. The van der Waals surface area contributed by atoms with Crippen LogP contribution < -0.4 is 10.3 Å². The number of aromatic amines is 1. The summed E-state index contributed by atoms with van der Waals surface area (Å²) >= 11 is 7.57. The number of ether oxygens (including phenoxy) is 1. The molecule has 2 N–H and O–H groups in total. The Morgan fingerprint density at radius 2 is 1.97 bits per heavy atom. The number of para-hydroxylation sites is 1. The van der Waals surface area contributed by atoms with Crippen LogP contribution >= 0.6 is 22.9 Å². The average Bonchev–Trinajstić information content (AvgIpc) is 3.22. The molecule has 2 heterocycles. The number of benzene rings is 2. The fraction of sp³-hybridized carbons (Fsp3) is 0.280. The van der Waals surface area contributed by atoms with Crippen molar-refractivity contribution in [2.45, 2.75) is 32.5 Å². The topological polar surface area (TPSA) is 78.5 Å². The van der Waals surface area contributed by atoms with Gasteiger partial charge in [-0.05, 0) is 43.7 Å². The number of H-pyrrole nitrogens is 1. The van der Waals surface area contributed by atoms with Gasteiger partial charge in [0.25, 0.3) is 5.56 Å². The predicted molar refractivity (Wildman–Crippen MR) is 134 cm³/mol. The molecule has 0 saturated carbocycles. The molecule has 0 aliphatic rings. The summed E-state index contributed by atoms with van der Waals surface area (Å²) in [4.78, 5) is 23.3. The molecule has 1 atom stereocenters. The minimum atomic E-state index is -0.681. The number of hydrogen-bond donors (Lipinski definition) is 2. The van der Waals surface area contributed by atoms with Gasteiger partial charge in [-0.15, -0.1) is 11.3 Å². The molecule has 4 rings (SSSR count). The summed E-state index contributed by atoms with van der Waals surface area (Å²) < 4.78 is 5.67. The molecule has 0 radical (unpaired) electrons. The summed E-state index contributed by atoms with van der Waals surface area (Å²) in [6.45, 7) is 5.08. The van der Waals surface area contributed by atoms with Gasteiger partial charge in [0.05, 0.1) is 11.9 Å². The van der Waals surface area contributed by atoms with Crippen molar-refractivity contribution < 1.29 is 9.84 Å². The SMILES string of the molecule is CC(C)N(Cc1nc2scc(-c3cccc(Cl)c3)c2c(=O)[nH]1)CC(O)COc1ccccc1. The summed E-state index contributed by atoms with van der Waals surface area (Å²) in [7, 11) is 0. The van der Waals surface area contributed by atoms with Gasteiger partial charge in [-0.3, -0.25) is 9.69 Å². The van der Waals surface area contributed by atoms with Gasteiger partial charge in [0.2, 0.25) is 0 Å². The lowest BCUT2D eigenvalue weighted by Gasteiger charge is -2.28. The molecule has 0 spiro atoms. The molecule has 6 nitrogen and oxygen atoms in total. The maximum atomic E-state index is 13.0. The number of fused-ring (bicyclic) bond motifs is 1. The molecule has 4 aromatic rings. The van der Waals surface area contributed by atoms with Crippen LogP contribution in [0.4, 0.5) is 0 Å². The first-order chi connectivity index (χ1) is 15.9. The van der Waals surface area contributed by atoms with Gasteiger partial charge in [-0.2, -0.15) is 0 Å². The van der Waals surface area contributed by atoms with Crippen molar-refractivity contribution >= 4 is 33.2 Å². The molecule has 0 aliphatic heterocycles. The number of aliphatic hydroxyl groups excluding tert-OH is 1. The first-order valence-corrected chi connectivity index (χ1v) is 12.0. The van der Waals surface area contributed by atoms with Crippen molar-refractivity contribution in [2.75, 3.05) is 13.2 Å². The van der Waals surface area contributed by atoms with E-state index in [1.54, 1.807) is 6.07 Å². The Bertz CT molecular complexity index is 1270. The standard InChI is InChI=1S/C25H26ClN3O3S/c1-16(2)29(12-19(30)14-32-20-9-4-3-5-10-20)13-22-27-24(31)23-21(15-33-25(23)28-22)17-7-6-8-18(26)11-17/h3-11,15-16,19,30H,12-14H2,1-2H3,(H,27,28,31). The number of nitrogens with zero attached hydrogens (tertiary/aromatic N) is 2. The molecular weight excluding hydrogens is 458 g/mol. The first kappa shape index (κ1) is 23.4. The van der Waals surface area contributed by atoms with Crippen LogP contribution in [0.15, 0.2) is 64.8 Å². The van der Waals surface area contributed by atoms with E-state index in [0.29, 0.717) is 34.2 Å². The Morgan fingerprint density at radius 1 is 1.18 bits per heavy atom. The summed E-state index contributed by atoms with van der Waals surface area (Å²) in [6, 6.07) is 17.0. The second-order valence-electron chi connectivity index (χ2n) is 8.15. The molecule has 0 saturated heterocycles. The monoisotopic (exact) mass is 483 g/mol. The average molecular weight is 484 g/mol. The zero-order chi connectivity index (χ0) is 23.4. The van der Waals surface area contributed by atoms with Crippen molar-refractivity contribution in [1.29, 1.82) is 0 Å². The van der Waals surface area contributed by atoms with Crippen LogP contribution in [0, 0.1) is 0 Å². The van der Waals surface area contributed by atoms with E-state index in [1.807, 2.05) is 67.8 Å². The Balaban J connectivity index is 1.49. The number of aliphatic hydroxyl groups is 1. The summed E-state index contributed by atoms with van der Waals surface area (Å²) in [5.74, 6) is 1.29. The van der Waals surface area contributed by atoms with Crippen LogP contribution in [0.25, 0.3) is 21.3 Å². The second-order valence-corrected chi connectivity index (χ2v) is 9.45. The quantitative estimate of drug-likeness (QED) is 0.352. The van der Waals surface area contributed by atoms with E-state index in [0.717, 1.165) is 16.9 Å². The smallest absolute Gasteiger partial charge is 0.260 e. The van der Waals surface area contributed by atoms with Crippen molar-refractivity contribution in [2.24, 2.45) is 0 Å². The van der Waals surface area contributed by atoms with E-state index in [9.17, 15) is 9.90 Å². The highest BCUT2D eigenvalue weighted by Gasteiger charge is 2.19. The molecular formula is C25H26ClN3O3S. The summed E-state index contributed by atoms with van der Waals surface area (Å²) in [5, 5.41) is 13.6. The highest BCUT2D eigenvalue weighted by Crippen LogP contribution is 2.32. The van der Waals surface area contributed by atoms with E-state index >= 15 is 0 Å². The lowest BCUT2D eigenvalue weighted by molar-refractivity contribution is 0.0533. The Labute approximate surface area is 201 Å².